The molecule has 5 atom stereocenters. The molecule has 0 aromatic carbocycles. The molecule has 2 saturated carbocycles. The van der Waals surface area contributed by atoms with Crippen LogP contribution in [-0.2, 0) is 0 Å². The maximum absolute atomic E-state index is 6.00. The zero-order valence-electron chi connectivity index (χ0n) is 12.6. The minimum atomic E-state index is 0.747. The van der Waals surface area contributed by atoms with Gasteiger partial charge in [0.15, 0.2) is 0 Å². The zero-order valence-corrected chi connectivity index (χ0v) is 12.6. The van der Waals surface area contributed by atoms with Crippen molar-refractivity contribution in [2.24, 2.45) is 29.4 Å². The lowest BCUT2D eigenvalue weighted by molar-refractivity contribution is 0.0954. The number of rotatable bonds is 6. The fourth-order valence-corrected chi connectivity index (χ4v) is 3.94. The summed E-state index contributed by atoms with van der Waals surface area (Å²) < 4.78 is 0. The van der Waals surface area contributed by atoms with Crippen LogP contribution in [0.3, 0.4) is 0 Å². The monoisotopic (exact) mass is 252 g/mol. The van der Waals surface area contributed by atoms with E-state index in [0.29, 0.717) is 0 Å². The number of hydrogen-bond acceptors (Lipinski definition) is 2. The highest BCUT2D eigenvalue weighted by atomic mass is 15.1. The van der Waals surface area contributed by atoms with E-state index in [1.165, 1.54) is 45.1 Å². The first-order valence-corrected chi connectivity index (χ1v) is 8.06. The maximum atomic E-state index is 6.00. The second-order valence-electron chi connectivity index (χ2n) is 6.94. The summed E-state index contributed by atoms with van der Waals surface area (Å²) >= 11 is 0. The molecule has 0 aromatic heterocycles. The molecule has 2 heteroatoms. The van der Waals surface area contributed by atoms with Gasteiger partial charge in [-0.2, -0.15) is 0 Å². The van der Waals surface area contributed by atoms with Crippen LogP contribution in [0.25, 0.3) is 0 Å². The highest BCUT2D eigenvalue weighted by Gasteiger charge is 2.37. The Bertz CT molecular complexity index is 253. The molecular formula is C16H32N2. The summed E-state index contributed by atoms with van der Waals surface area (Å²) in [5.41, 5.74) is 6.00. The van der Waals surface area contributed by atoms with Crippen LogP contribution in [0.5, 0.6) is 0 Å². The first-order chi connectivity index (χ1) is 8.65. The van der Waals surface area contributed by atoms with Crippen molar-refractivity contribution in [3.63, 3.8) is 0 Å². The van der Waals surface area contributed by atoms with Gasteiger partial charge >= 0.3 is 0 Å². The van der Waals surface area contributed by atoms with Crippen molar-refractivity contribution in [2.45, 2.75) is 58.4 Å². The van der Waals surface area contributed by atoms with Crippen LogP contribution in [0.1, 0.15) is 52.4 Å². The van der Waals surface area contributed by atoms with Crippen molar-refractivity contribution >= 4 is 0 Å². The quantitative estimate of drug-likeness (QED) is 0.787. The van der Waals surface area contributed by atoms with Gasteiger partial charge in [0.2, 0.25) is 0 Å². The Labute approximate surface area is 113 Å². The molecule has 2 rings (SSSR count). The Morgan fingerprint density at radius 3 is 2.44 bits per heavy atom. The van der Waals surface area contributed by atoms with Gasteiger partial charge < -0.3 is 10.6 Å². The Balaban J connectivity index is 1.87. The third kappa shape index (κ3) is 3.48. The lowest BCUT2D eigenvalue weighted by atomic mass is 9.76. The summed E-state index contributed by atoms with van der Waals surface area (Å²) in [7, 11) is 2.34. The first kappa shape index (κ1) is 14.3. The number of hydrogen-bond donors (Lipinski definition) is 1. The van der Waals surface area contributed by atoms with E-state index in [-0.39, 0.29) is 0 Å². The van der Waals surface area contributed by atoms with E-state index in [2.05, 4.69) is 25.8 Å². The fourth-order valence-electron chi connectivity index (χ4n) is 3.94. The van der Waals surface area contributed by atoms with Crippen LogP contribution in [0, 0.1) is 23.7 Å². The third-order valence-electron chi connectivity index (χ3n) is 5.43. The van der Waals surface area contributed by atoms with Crippen molar-refractivity contribution in [3.05, 3.63) is 0 Å². The minimum Gasteiger partial charge on any atom is -0.330 e. The topological polar surface area (TPSA) is 29.3 Å². The highest BCUT2D eigenvalue weighted by Crippen LogP contribution is 2.40. The van der Waals surface area contributed by atoms with Crippen LogP contribution >= 0.6 is 0 Å². The van der Waals surface area contributed by atoms with Gasteiger partial charge in [0.25, 0.3) is 0 Å². The number of nitrogens with two attached hydrogens (primary N) is 1. The smallest absolute Gasteiger partial charge is 0.0135 e. The molecule has 0 saturated heterocycles. The standard InChI is InChI=1S/C16H32N2/c1-4-5-13-6-7-14(10-17)16(9-13)18(3)11-15-8-12(15)2/h12-16H,4-11,17H2,1-3H3. The van der Waals surface area contributed by atoms with E-state index in [0.717, 1.165) is 36.3 Å². The lowest BCUT2D eigenvalue weighted by Crippen LogP contribution is -2.45. The van der Waals surface area contributed by atoms with E-state index in [1.807, 2.05) is 0 Å². The molecule has 0 aromatic rings. The summed E-state index contributed by atoms with van der Waals surface area (Å²) in [5, 5.41) is 0. The Hall–Kier alpha value is -0.0800. The number of nitrogens with zero attached hydrogens (tertiary/aromatic N) is 1. The molecule has 18 heavy (non-hydrogen) atoms. The Kier molecular flexibility index (Phi) is 5.08. The summed E-state index contributed by atoms with van der Waals surface area (Å²) in [5.74, 6) is 3.65. The molecular weight excluding hydrogens is 220 g/mol. The Morgan fingerprint density at radius 1 is 1.17 bits per heavy atom. The average molecular weight is 252 g/mol. The molecule has 0 spiro atoms. The maximum Gasteiger partial charge on any atom is 0.0135 e. The van der Waals surface area contributed by atoms with Crippen LogP contribution < -0.4 is 5.73 Å². The van der Waals surface area contributed by atoms with Gasteiger partial charge in [-0.25, -0.2) is 0 Å². The van der Waals surface area contributed by atoms with Crippen LogP contribution in [0.4, 0.5) is 0 Å². The second kappa shape index (κ2) is 6.38. The molecule has 2 N–H and O–H groups in total. The van der Waals surface area contributed by atoms with Crippen molar-refractivity contribution in [2.75, 3.05) is 20.1 Å². The van der Waals surface area contributed by atoms with Gasteiger partial charge in [-0.3, -0.25) is 0 Å². The highest BCUT2D eigenvalue weighted by molar-refractivity contribution is 4.90. The molecule has 2 aliphatic carbocycles. The summed E-state index contributed by atoms with van der Waals surface area (Å²) in [6.45, 7) is 6.90. The van der Waals surface area contributed by atoms with E-state index in [4.69, 9.17) is 5.73 Å². The SMILES string of the molecule is CCCC1CCC(CN)C(N(C)CC2CC2C)C1. The summed E-state index contributed by atoms with van der Waals surface area (Å²) in [6, 6.07) is 0.757. The predicted molar refractivity (Wildman–Crippen MR) is 78.5 cm³/mol. The molecule has 2 nitrogen and oxygen atoms in total. The molecule has 0 bridgehead atoms. The molecule has 5 unspecified atom stereocenters. The van der Waals surface area contributed by atoms with Gasteiger partial charge in [0.1, 0.15) is 0 Å². The largest absolute Gasteiger partial charge is 0.330 e. The molecule has 2 aliphatic rings. The molecule has 0 amide bonds. The van der Waals surface area contributed by atoms with Crippen molar-refractivity contribution in [1.82, 2.24) is 4.90 Å². The third-order valence-corrected chi connectivity index (χ3v) is 5.43. The van der Waals surface area contributed by atoms with Crippen molar-refractivity contribution in [1.29, 1.82) is 0 Å². The summed E-state index contributed by atoms with van der Waals surface area (Å²) in [6.07, 6.45) is 8.38. The van der Waals surface area contributed by atoms with E-state index < -0.39 is 0 Å². The first-order valence-electron chi connectivity index (χ1n) is 8.06. The zero-order chi connectivity index (χ0) is 13.1. The fraction of sp³-hybridized carbons (Fsp3) is 1.00. The Morgan fingerprint density at radius 2 is 1.89 bits per heavy atom. The van der Waals surface area contributed by atoms with Crippen LogP contribution in [0.15, 0.2) is 0 Å². The normalized spacial score (nSPS) is 40.2. The van der Waals surface area contributed by atoms with Crippen molar-refractivity contribution < 1.29 is 0 Å². The van der Waals surface area contributed by atoms with E-state index >= 15 is 0 Å². The van der Waals surface area contributed by atoms with Crippen LogP contribution in [0.2, 0.25) is 0 Å². The molecule has 2 fully saturated rings. The molecule has 0 radical (unpaired) electrons. The van der Waals surface area contributed by atoms with Gasteiger partial charge in [0.05, 0.1) is 0 Å². The lowest BCUT2D eigenvalue weighted by Gasteiger charge is -2.41. The average Bonchev–Trinajstić information content (AvgIpc) is 3.05. The molecule has 106 valence electrons. The van der Waals surface area contributed by atoms with E-state index in [1.54, 1.807) is 0 Å². The van der Waals surface area contributed by atoms with Gasteiger partial charge in [-0.15, -0.1) is 0 Å². The predicted octanol–water partition coefficient (Wildman–Crippen LogP) is 3.12. The van der Waals surface area contributed by atoms with Gasteiger partial charge in [0, 0.05) is 12.6 Å². The van der Waals surface area contributed by atoms with Crippen molar-refractivity contribution in [3.8, 4) is 0 Å². The van der Waals surface area contributed by atoms with Gasteiger partial charge in [-0.1, -0.05) is 33.1 Å². The summed E-state index contributed by atoms with van der Waals surface area (Å²) in [4.78, 5) is 2.65. The second-order valence-corrected chi connectivity index (χ2v) is 6.94. The minimum absolute atomic E-state index is 0.747. The molecule has 0 aliphatic heterocycles. The van der Waals surface area contributed by atoms with E-state index in [9.17, 15) is 0 Å². The van der Waals surface area contributed by atoms with Gasteiger partial charge in [-0.05, 0) is 56.5 Å². The van der Waals surface area contributed by atoms with Crippen LogP contribution in [-0.4, -0.2) is 31.1 Å². The molecule has 0 heterocycles.